The monoisotopic (exact) mass is 490 g/mol. The Hall–Kier alpha value is -4.23. The minimum Gasteiger partial charge on any atom is -0.406 e. The third-order valence-electron chi connectivity index (χ3n) is 5.09. The van der Waals surface area contributed by atoms with Crippen LogP contribution in [0.3, 0.4) is 0 Å². The summed E-state index contributed by atoms with van der Waals surface area (Å²) in [5.41, 5.74) is 0.353. The normalized spacial score (nSPS) is 15.7. The summed E-state index contributed by atoms with van der Waals surface area (Å²) in [5, 5.41) is 21.3. The Morgan fingerprint density at radius 3 is 2.66 bits per heavy atom. The SMILES string of the molecule is CC(=O)Nc1cn(C2CCN(c3ccc(NC(=O)Cc4cccc(OC(F)(F)F)c4)nn3)C2)nn1. The van der Waals surface area contributed by atoms with Crippen molar-refractivity contribution in [2.75, 3.05) is 28.6 Å². The quantitative estimate of drug-likeness (QED) is 0.517. The van der Waals surface area contributed by atoms with E-state index < -0.39 is 18.0 Å². The average molecular weight is 490 g/mol. The first kappa shape index (κ1) is 23.9. The highest BCUT2D eigenvalue weighted by molar-refractivity contribution is 5.91. The Morgan fingerprint density at radius 1 is 1.11 bits per heavy atom. The zero-order chi connectivity index (χ0) is 25.0. The Kier molecular flexibility index (Phi) is 6.80. The van der Waals surface area contributed by atoms with Gasteiger partial charge in [-0.2, -0.15) is 0 Å². The summed E-state index contributed by atoms with van der Waals surface area (Å²) < 4.78 is 42.7. The van der Waals surface area contributed by atoms with E-state index in [1.54, 1.807) is 23.0 Å². The maximum absolute atomic E-state index is 12.4. The summed E-state index contributed by atoms with van der Waals surface area (Å²) in [6.07, 6.45) is -2.51. The van der Waals surface area contributed by atoms with E-state index in [1.165, 1.54) is 19.1 Å². The maximum Gasteiger partial charge on any atom is 0.573 e. The number of nitrogens with one attached hydrogen (secondary N) is 2. The highest BCUT2D eigenvalue weighted by Crippen LogP contribution is 2.26. The fourth-order valence-corrected chi connectivity index (χ4v) is 3.64. The molecule has 1 saturated heterocycles. The number of alkyl halides is 3. The number of ether oxygens (including phenoxy) is 1. The summed E-state index contributed by atoms with van der Waals surface area (Å²) in [7, 11) is 0. The second-order valence-electron chi connectivity index (χ2n) is 7.85. The molecular formula is C21H21F3N8O3. The van der Waals surface area contributed by atoms with E-state index in [1.807, 2.05) is 4.90 Å². The van der Waals surface area contributed by atoms with Gasteiger partial charge in [-0.25, -0.2) is 4.68 Å². The number of carbonyl (C=O) groups excluding carboxylic acids is 2. The smallest absolute Gasteiger partial charge is 0.406 e. The number of anilines is 3. The summed E-state index contributed by atoms with van der Waals surface area (Å²) in [6.45, 7) is 2.71. The van der Waals surface area contributed by atoms with Gasteiger partial charge < -0.3 is 20.3 Å². The van der Waals surface area contributed by atoms with Crippen molar-refractivity contribution < 1.29 is 27.5 Å². The molecule has 2 N–H and O–H groups in total. The van der Waals surface area contributed by atoms with Crippen molar-refractivity contribution in [1.82, 2.24) is 25.2 Å². The number of nitrogens with zero attached hydrogens (tertiary/aromatic N) is 6. The molecule has 11 nitrogen and oxygen atoms in total. The Bertz CT molecular complexity index is 1200. The van der Waals surface area contributed by atoms with E-state index in [0.29, 0.717) is 30.3 Å². The molecule has 0 saturated carbocycles. The van der Waals surface area contributed by atoms with E-state index in [2.05, 4.69) is 35.9 Å². The number of aromatic nitrogens is 5. The van der Waals surface area contributed by atoms with Gasteiger partial charge in [0.15, 0.2) is 17.5 Å². The summed E-state index contributed by atoms with van der Waals surface area (Å²) >= 11 is 0. The van der Waals surface area contributed by atoms with Crippen LogP contribution in [0.25, 0.3) is 0 Å². The van der Waals surface area contributed by atoms with Crippen molar-refractivity contribution in [3.05, 3.63) is 48.2 Å². The minimum atomic E-state index is -4.81. The molecule has 0 bridgehead atoms. The van der Waals surface area contributed by atoms with E-state index in [-0.39, 0.29) is 24.2 Å². The van der Waals surface area contributed by atoms with E-state index in [9.17, 15) is 22.8 Å². The molecule has 3 aromatic rings. The standard InChI is InChI=1S/C21H21F3N8O3/c1-13(33)25-18-12-32(30-28-18)15-7-8-31(11-15)19-6-5-17(27-29-19)26-20(34)10-14-3-2-4-16(9-14)35-21(22,23)24/h2-6,9,12,15H,7-8,10-11H2,1H3,(H,25,33)(H,26,27,34). The van der Waals surface area contributed by atoms with Crippen LogP contribution in [-0.4, -0.2) is 56.5 Å². The molecule has 184 valence electrons. The second kappa shape index (κ2) is 9.95. The highest BCUT2D eigenvalue weighted by atomic mass is 19.4. The molecule has 0 spiro atoms. The van der Waals surface area contributed by atoms with Crippen molar-refractivity contribution in [2.45, 2.75) is 32.2 Å². The summed E-state index contributed by atoms with van der Waals surface area (Å²) in [4.78, 5) is 25.4. The van der Waals surface area contributed by atoms with Crippen molar-refractivity contribution in [3.8, 4) is 5.75 Å². The van der Waals surface area contributed by atoms with Crippen LogP contribution in [0.4, 0.5) is 30.6 Å². The largest absolute Gasteiger partial charge is 0.573 e. The molecule has 14 heteroatoms. The lowest BCUT2D eigenvalue weighted by Crippen LogP contribution is -2.23. The van der Waals surface area contributed by atoms with Gasteiger partial charge in [0.1, 0.15) is 5.75 Å². The average Bonchev–Trinajstić information content (AvgIpc) is 3.42. The van der Waals surface area contributed by atoms with Gasteiger partial charge in [0.25, 0.3) is 0 Å². The number of hydrogen-bond donors (Lipinski definition) is 2. The van der Waals surface area contributed by atoms with Gasteiger partial charge in [-0.05, 0) is 36.2 Å². The lowest BCUT2D eigenvalue weighted by molar-refractivity contribution is -0.274. The summed E-state index contributed by atoms with van der Waals surface area (Å²) in [5.74, 6) is 0.136. The van der Waals surface area contributed by atoms with Crippen molar-refractivity contribution in [2.24, 2.45) is 0 Å². The highest BCUT2D eigenvalue weighted by Gasteiger charge is 2.31. The molecule has 0 aliphatic carbocycles. The molecule has 1 atom stereocenters. The Labute approximate surface area is 197 Å². The van der Waals surface area contributed by atoms with Crippen molar-refractivity contribution in [3.63, 3.8) is 0 Å². The summed E-state index contributed by atoms with van der Waals surface area (Å²) in [6, 6.07) is 8.57. The minimum absolute atomic E-state index is 0.0447. The lowest BCUT2D eigenvalue weighted by atomic mass is 10.1. The third kappa shape index (κ3) is 6.65. The fourth-order valence-electron chi connectivity index (χ4n) is 3.64. The molecule has 2 amide bonds. The number of amides is 2. The second-order valence-corrected chi connectivity index (χ2v) is 7.85. The zero-order valence-corrected chi connectivity index (χ0v) is 18.5. The lowest BCUT2D eigenvalue weighted by Gasteiger charge is -2.17. The molecule has 4 rings (SSSR count). The van der Waals surface area contributed by atoms with Crippen LogP contribution in [-0.2, 0) is 16.0 Å². The first-order valence-electron chi connectivity index (χ1n) is 10.6. The zero-order valence-electron chi connectivity index (χ0n) is 18.5. The predicted molar refractivity (Wildman–Crippen MR) is 118 cm³/mol. The van der Waals surface area contributed by atoms with Crippen LogP contribution in [0.15, 0.2) is 42.6 Å². The molecule has 35 heavy (non-hydrogen) atoms. The number of halogens is 3. The van der Waals surface area contributed by atoms with Crippen LogP contribution in [0.2, 0.25) is 0 Å². The molecule has 1 aliphatic rings. The molecule has 2 aromatic heterocycles. The molecule has 1 aromatic carbocycles. The van der Waals surface area contributed by atoms with Crippen molar-refractivity contribution in [1.29, 1.82) is 0 Å². The molecule has 1 fully saturated rings. The van der Waals surface area contributed by atoms with E-state index >= 15 is 0 Å². The molecular weight excluding hydrogens is 469 g/mol. The first-order valence-corrected chi connectivity index (χ1v) is 10.6. The van der Waals surface area contributed by atoms with Gasteiger partial charge in [0, 0.05) is 20.0 Å². The number of benzene rings is 1. The number of hydrogen-bond acceptors (Lipinski definition) is 8. The van der Waals surface area contributed by atoms with Gasteiger partial charge >= 0.3 is 6.36 Å². The van der Waals surface area contributed by atoms with Gasteiger partial charge in [-0.1, -0.05) is 17.3 Å². The Morgan fingerprint density at radius 2 is 1.94 bits per heavy atom. The van der Waals surface area contributed by atoms with Crippen molar-refractivity contribution >= 4 is 29.3 Å². The fraction of sp³-hybridized carbons (Fsp3) is 0.333. The predicted octanol–water partition coefficient (Wildman–Crippen LogP) is 2.56. The van der Waals surface area contributed by atoms with Crippen LogP contribution in [0.1, 0.15) is 24.9 Å². The third-order valence-corrected chi connectivity index (χ3v) is 5.09. The number of rotatable bonds is 7. The van der Waals surface area contributed by atoms with Crippen LogP contribution < -0.4 is 20.3 Å². The van der Waals surface area contributed by atoms with Gasteiger partial charge in [-0.15, -0.1) is 28.5 Å². The molecule has 1 unspecified atom stereocenters. The Balaban J connectivity index is 1.31. The first-order chi connectivity index (χ1) is 16.6. The van der Waals surface area contributed by atoms with Crippen LogP contribution >= 0.6 is 0 Å². The number of carbonyl (C=O) groups is 2. The van der Waals surface area contributed by atoms with E-state index in [4.69, 9.17) is 0 Å². The topological polar surface area (TPSA) is 127 Å². The molecule has 3 heterocycles. The van der Waals surface area contributed by atoms with Crippen LogP contribution in [0, 0.1) is 0 Å². The molecule has 0 radical (unpaired) electrons. The van der Waals surface area contributed by atoms with Crippen LogP contribution in [0.5, 0.6) is 5.75 Å². The van der Waals surface area contributed by atoms with Gasteiger partial charge in [-0.3, -0.25) is 9.59 Å². The van der Waals surface area contributed by atoms with E-state index in [0.717, 1.165) is 18.6 Å². The maximum atomic E-state index is 12.4. The van der Waals surface area contributed by atoms with Gasteiger partial charge in [0.2, 0.25) is 11.8 Å². The molecule has 1 aliphatic heterocycles. The van der Waals surface area contributed by atoms with Gasteiger partial charge in [0.05, 0.1) is 18.7 Å².